The SMILES string of the molecule is CNCC(=O)c1c(C)c(F)cc(Cl)c1O. The molecule has 2 N–H and O–H groups in total. The third-order valence-electron chi connectivity index (χ3n) is 2.07. The van der Waals surface area contributed by atoms with Crippen molar-refractivity contribution < 1.29 is 14.3 Å². The molecule has 0 bridgehead atoms. The molecule has 1 aromatic carbocycles. The fourth-order valence-electron chi connectivity index (χ4n) is 1.29. The summed E-state index contributed by atoms with van der Waals surface area (Å²) in [6.07, 6.45) is 0. The van der Waals surface area contributed by atoms with Crippen LogP contribution in [-0.4, -0.2) is 24.5 Å². The van der Waals surface area contributed by atoms with E-state index < -0.39 is 11.6 Å². The summed E-state index contributed by atoms with van der Waals surface area (Å²) < 4.78 is 13.3. The number of hydrogen-bond acceptors (Lipinski definition) is 3. The topological polar surface area (TPSA) is 49.3 Å². The van der Waals surface area contributed by atoms with Crippen LogP contribution in [0.1, 0.15) is 15.9 Å². The molecule has 5 heteroatoms. The maximum atomic E-state index is 13.3. The number of carbonyl (C=O) groups excluding carboxylic acids is 1. The molecule has 0 heterocycles. The molecular weight excluding hydrogens is 221 g/mol. The third-order valence-corrected chi connectivity index (χ3v) is 2.35. The van der Waals surface area contributed by atoms with Crippen LogP contribution in [0.15, 0.2) is 6.07 Å². The number of hydrogen-bond donors (Lipinski definition) is 2. The van der Waals surface area contributed by atoms with Gasteiger partial charge in [-0.15, -0.1) is 0 Å². The van der Waals surface area contributed by atoms with E-state index in [-0.39, 0.29) is 28.4 Å². The third kappa shape index (κ3) is 2.27. The first kappa shape index (κ1) is 11.9. The zero-order valence-electron chi connectivity index (χ0n) is 8.40. The minimum atomic E-state index is -0.600. The summed E-state index contributed by atoms with van der Waals surface area (Å²) in [5.74, 6) is -1.36. The van der Waals surface area contributed by atoms with Gasteiger partial charge in [-0.25, -0.2) is 4.39 Å². The summed E-state index contributed by atoms with van der Waals surface area (Å²) >= 11 is 5.57. The van der Waals surface area contributed by atoms with Gasteiger partial charge in [-0.05, 0) is 25.6 Å². The van der Waals surface area contributed by atoms with E-state index in [0.717, 1.165) is 6.07 Å². The normalized spacial score (nSPS) is 10.4. The lowest BCUT2D eigenvalue weighted by atomic mass is 10.0. The monoisotopic (exact) mass is 231 g/mol. The van der Waals surface area contributed by atoms with Crippen LogP contribution in [0.5, 0.6) is 5.75 Å². The van der Waals surface area contributed by atoms with Crippen LogP contribution in [0.4, 0.5) is 4.39 Å². The summed E-state index contributed by atoms with van der Waals surface area (Å²) in [5.41, 5.74) is 0.0477. The number of phenolic OH excluding ortho intramolecular Hbond substituents is 1. The number of nitrogens with one attached hydrogen (secondary N) is 1. The summed E-state index contributed by atoms with van der Waals surface area (Å²) in [6.45, 7) is 1.45. The van der Waals surface area contributed by atoms with Crippen LogP contribution in [0.25, 0.3) is 0 Å². The molecule has 3 nitrogen and oxygen atoms in total. The van der Waals surface area contributed by atoms with Crippen molar-refractivity contribution in [1.29, 1.82) is 0 Å². The Hall–Kier alpha value is -1.13. The molecule has 15 heavy (non-hydrogen) atoms. The number of likely N-dealkylation sites (N-methyl/N-ethyl adjacent to an activating group) is 1. The zero-order chi connectivity index (χ0) is 11.6. The molecule has 1 rings (SSSR count). The van der Waals surface area contributed by atoms with Crippen molar-refractivity contribution in [3.63, 3.8) is 0 Å². The molecule has 0 aliphatic carbocycles. The van der Waals surface area contributed by atoms with E-state index in [4.69, 9.17) is 11.6 Å². The number of aromatic hydroxyl groups is 1. The van der Waals surface area contributed by atoms with Crippen LogP contribution in [0.2, 0.25) is 5.02 Å². The fourth-order valence-corrected chi connectivity index (χ4v) is 1.48. The lowest BCUT2D eigenvalue weighted by Crippen LogP contribution is -2.20. The van der Waals surface area contributed by atoms with Gasteiger partial charge in [0.15, 0.2) is 5.78 Å². The molecule has 0 aliphatic rings. The van der Waals surface area contributed by atoms with E-state index in [1.807, 2.05) is 0 Å². The van der Waals surface area contributed by atoms with Crippen LogP contribution in [0.3, 0.4) is 0 Å². The van der Waals surface area contributed by atoms with Gasteiger partial charge in [0.1, 0.15) is 11.6 Å². The van der Waals surface area contributed by atoms with Crippen molar-refractivity contribution in [3.05, 3.63) is 28.0 Å². The van der Waals surface area contributed by atoms with Crippen LogP contribution in [-0.2, 0) is 0 Å². The molecular formula is C10H11ClFNO2. The van der Waals surface area contributed by atoms with Gasteiger partial charge in [-0.1, -0.05) is 11.6 Å². The van der Waals surface area contributed by atoms with Crippen molar-refractivity contribution in [2.24, 2.45) is 0 Å². The van der Waals surface area contributed by atoms with Crippen molar-refractivity contribution in [2.75, 3.05) is 13.6 Å². The molecule has 82 valence electrons. The van der Waals surface area contributed by atoms with Gasteiger partial charge in [0.2, 0.25) is 0 Å². The van der Waals surface area contributed by atoms with Crippen molar-refractivity contribution in [1.82, 2.24) is 5.32 Å². The Morgan fingerprint density at radius 1 is 1.67 bits per heavy atom. The van der Waals surface area contributed by atoms with E-state index >= 15 is 0 Å². The Kier molecular flexibility index (Phi) is 3.66. The highest BCUT2D eigenvalue weighted by molar-refractivity contribution is 6.32. The van der Waals surface area contributed by atoms with Crippen molar-refractivity contribution >= 4 is 17.4 Å². The van der Waals surface area contributed by atoms with Crippen LogP contribution in [0, 0.1) is 12.7 Å². The maximum absolute atomic E-state index is 13.3. The van der Waals surface area contributed by atoms with E-state index in [2.05, 4.69) is 5.32 Å². The predicted molar refractivity (Wildman–Crippen MR) is 56.1 cm³/mol. The summed E-state index contributed by atoms with van der Waals surface area (Å²) in [4.78, 5) is 11.5. The molecule has 0 unspecified atom stereocenters. The minimum absolute atomic E-state index is 0.0220. The van der Waals surface area contributed by atoms with Gasteiger partial charge >= 0.3 is 0 Å². The van der Waals surface area contributed by atoms with Gasteiger partial charge in [0.25, 0.3) is 0 Å². The molecule has 1 aromatic rings. The number of rotatable bonds is 3. The second-order valence-corrected chi connectivity index (χ2v) is 3.55. The number of ketones is 1. The number of phenols is 1. The van der Waals surface area contributed by atoms with Crippen LogP contribution < -0.4 is 5.32 Å². The predicted octanol–water partition coefficient (Wildman–Crippen LogP) is 1.90. The lowest BCUT2D eigenvalue weighted by Gasteiger charge is -2.09. The highest BCUT2D eigenvalue weighted by Gasteiger charge is 2.19. The Morgan fingerprint density at radius 3 is 2.80 bits per heavy atom. The summed E-state index contributed by atoms with van der Waals surface area (Å²) in [6, 6.07) is 0.988. The van der Waals surface area contributed by atoms with E-state index in [0.29, 0.717) is 0 Å². The van der Waals surface area contributed by atoms with Gasteiger partial charge in [0, 0.05) is 0 Å². The van der Waals surface area contributed by atoms with Crippen LogP contribution >= 0.6 is 11.6 Å². The first-order valence-corrected chi connectivity index (χ1v) is 4.72. The first-order valence-electron chi connectivity index (χ1n) is 4.34. The van der Waals surface area contributed by atoms with Gasteiger partial charge in [0.05, 0.1) is 17.1 Å². The Balaban J connectivity index is 3.32. The number of benzene rings is 1. The molecule has 0 saturated carbocycles. The largest absolute Gasteiger partial charge is 0.506 e. The quantitative estimate of drug-likeness (QED) is 0.782. The summed E-state index contributed by atoms with van der Waals surface area (Å²) in [5, 5.41) is 12.0. The Morgan fingerprint density at radius 2 is 2.27 bits per heavy atom. The molecule has 0 atom stereocenters. The second-order valence-electron chi connectivity index (χ2n) is 3.14. The van der Waals surface area contributed by atoms with E-state index in [9.17, 15) is 14.3 Å². The Labute approximate surface area is 91.9 Å². The average molecular weight is 232 g/mol. The first-order chi connectivity index (χ1) is 6.99. The fraction of sp³-hybridized carbons (Fsp3) is 0.300. The molecule has 0 saturated heterocycles. The smallest absolute Gasteiger partial charge is 0.180 e. The minimum Gasteiger partial charge on any atom is -0.506 e. The van der Waals surface area contributed by atoms with Crippen molar-refractivity contribution in [3.8, 4) is 5.75 Å². The molecule has 0 amide bonds. The molecule has 0 aliphatic heterocycles. The lowest BCUT2D eigenvalue weighted by molar-refractivity contribution is 0.0990. The molecule has 0 aromatic heterocycles. The highest BCUT2D eigenvalue weighted by Crippen LogP contribution is 2.31. The van der Waals surface area contributed by atoms with Gasteiger partial charge in [-0.3, -0.25) is 4.79 Å². The molecule has 0 spiro atoms. The number of Topliss-reactive ketones (excluding diaryl/α,β-unsaturated/α-hetero) is 1. The van der Waals surface area contributed by atoms with E-state index in [1.165, 1.54) is 6.92 Å². The van der Waals surface area contributed by atoms with E-state index in [1.54, 1.807) is 7.05 Å². The van der Waals surface area contributed by atoms with Crippen molar-refractivity contribution in [2.45, 2.75) is 6.92 Å². The number of halogens is 2. The second kappa shape index (κ2) is 4.59. The highest BCUT2D eigenvalue weighted by atomic mass is 35.5. The van der Waals surface area contributed by atoms with Gasteiger partial charge < -0.3 is 10.4 Å². The molecule has 0 fully saturated rings. The molecule has 0 radical (unpaired) electrons. The average Bonchev–Trinajstić information content (AvgIpc) is 2.16. The van der Waals surface area contributed by atoms with Gasteiger partial charge in [-0.2, -0.15) is 0 Å². The number of carbonyl (C=O) groups is 1. The summed E-state index contributed by atoms with van der Waals surface area (Å²) in [7, 11) is 1.59. The Bertz CT molecular complexity index is 381. The maximum Gasteiger partial charge on any atom is 0.180 e. The zero-order valence-corrected chi connectivity index (χ0v) is 9.15. The standard InChI is InChI=1S/C10H11ClFNO2/c1-5-7(12)3-6(11)10(15)9(5)8(14)4-13-2/h3,13,15H,4H2,1-2H3.